The predicted octanol–water partition coefficient (Wildman–Crippen LogP) is 2.89. The van der Waals surface area contributed by atoms with Crippen LogP contribution in [0.3, 0.4) is 0 Å². The first-order valence-electron chi connectivity index (χ1n) is 7.20. The van der Waals surface area contributed by atoms with E-state index in [0.717, 1.165) is 39.8 Å². The number of methoxy groups -OCH3 is 1. The van der Waals surface area contributed by atoms with Crippen LogP contribution in [0.4, 0.5) is 0 Å². The van der Waals surface area contributed by atoms with Crippen LogP contribution in [0, 0.1) is 0 Å². The molecule has 0 spiro atoms. The van der Waals surface area contributed by atoms with E-state index in [4.69, 9.17) is 14.2 Å². The summed E-state index contributed by atoms with van der Waals surface area (Å²) in [5.74, 6) is 2.30. The van der Waals surface area contributed by atoms with Crippen molar-refractivity contribution in [2.24, 2.45) is 7.05 Å². The van der Waals surface area contributed by atoms with Crippen molar-refractivity contribution in [3.63, 3.8) is 0 Å². The molecule has 1 aliphatic heterocycles. The Hall–Kier alpha value is -3.02. The van der Waals surface area contributed by atoms with Crippen LogP contribution in [0.5, 0.6) is 17.2 Å². The van der Waals surface area contributed by atoms with Gasteiger partial charge in [0.25, 0.3) is 0 Å². The van der Waals surface area contributed by atoms with Gasteiger partial charge in [-0.1, -0.05) is 5.21 Å². The third-order valence-electron chi connectivity index (χ3n) is 3.84. The highest BCUT2D eigenvalue weighted by Gasteiger charge is 2.19. The van der Waals surface area contributed by atoms with Crippen LogP contribution < -0.4 is 14.2 Å². The Labute approximate surface area is 133 Å². The summed E-state index contributed by atoms with van der Waals surface area (Å²) in [6.45, 7) is 0.255. The van der Waals surface area contributed by atoms with E-state index in [2.05, 4.69) is 10.3 Å². The molecule has 0 atom stereocenters. The van der Waals surface area contributed by atoms with Gasteiger partial charge in [-0.15, -0.1) is 5.10 Å². The number of ether oxygens (including phenoxy) is 3. The molecule has 4 rings (SSSR count). The fourth-order valence-electron chi connectivity index (χ4n) is 2.67. The zero-order valence-electron chi connectivity index (χ0n) is 12.8. The normalized spacial score (nSPS) is 12.4. The summed E-state index contributed by atoms with van der Waals surface area (Å²) in [6, 6.07) is 13.6. The van der Waals surface area contributed by atoms with Gasteiger partial charge in [-0.25, -0.2) is 4.68 Å². The first-order valence-corrected chi connectivity index (χ1v) is 7.20. The summed E-state index contributed by atoms with van der Waals surface area (Å²) >= 11 is 0. The minimum Gasteiger partial charge on any atom is -0.497 e. The van der Waals surface area contributed by atoms with E-state index in [-0.39, 0.29) is 6.79 Å². The Balaban J connectivity index is 1.81. The van der Waals surface area contributed by atoms with Crippen LogP contribution in [0.1, 0.15) is 0 Å². The maximum atomic E-state index is 5.45. The fourth-order valence-corrected chi connectivity index (χ4v) is 2.67. The summed E-state index contributed by atoms with van der Waals surface area (Å²) in [6.07, 6.45) is 0. The summed E-state index contributed by atoms with van der Waals surface area (Å²) in [4.78, 5) is 0. The summed E-state index contributed by atoms with van der Waals surface area (Å²) in [7, 11) is 3.53. The van der Waals surface area contributed by atoms with Crippen LogP contribution in [0.15, 0.2) is 42.5 Å². The van der Waals surface area contributed by atoms with Gasteiger partial charge in [0.15, 0.2) is 11.5 Å². The Morgan fingerprint density at radius 2 is 1.74 bits per heavy atom. The number of aryl methyl sites for hydroxylation is 1. The topological polar surface area (TPSA) is 58.4 Å². The average molecular weight is 309 g/mol. The van der Waals surface area contributed by atoms with Crippen molar-refractivity contribution >= 4 is 0 Å². The molecule has 2 heterocycles. The van der Waals surface area contributed by atoms with Gasteiger partial charge >= 0.3 is 0 Å². The molecule has 0 aliphatic carbocycles. The third-order valence-corrected chi connectivity index (χ3v) is 3.84. The molecule has 23 heavy (non-hydrogen) atoms. The lowest BCUT2D eigenvalue weighted by Gasteiger charge is -2.07. The van der Waals surface area contributed by atoms with Gasteiger partial charge in [0.1, 0.15) is 11.4 Å². The standard InChI is InChI=1S/C17H15N3O3/c1-20-17(11-3-6-13(21-2)7-4-11)16(18-19-20)12-5-8-14-15(9-12)23-10-22-14/h3-9H,10H2,1-2H3. The highest BCUT2D eigenvalue weighted by atomic mass is 16.7. The summed E-state index contributed by atoms with van der Waals surface area (Å²) in [5.41, 5.74) is 3.70. The lowest BCUT2D eigenvalue weighted by molar-refractivity contribution is 0.174. The van der Waals surface area contributed by atoms with E-state index < -0.39 is 0 Å². The van der Waals surface area contributed by atoms with E-state index >= 15 is 0 Å². The highest BCUT2D eigenvalue weighted by Crippen LogP contribution is 2.38. The third kappa shape index (κ3) is 2.28. The van der Waals surface area contributed by atoms with Crippen molar-refractivity contribution in [2.45, 2.75) is 0 Å². The molecule has 0 amide bonds. The zero-order valence-corrected chi connectivity index (χ0v) is 12.8. The van der Waals surface area contributed by atoms with E-state index in [1.165, 1.54) is 0 Å². The van der Waals surface area contributed by atoms with Crippen LogP contribution in [-0.4, -0.2) is 28.9 Å². The number of nitrogens with zero attached hydrogens (tertiary/aromatic N) is 3. The van der Waals surface area contributed by atoms with Gasteiger partial charge in [0, 0.05) is 18.2 Å². The molecule has 116 valence electrons. The number of hydrogen-bond donors (Lipinski definition) is 0. The van der Waals surface area contributed by atoms with Crippen LogP contribution in [0.2, 0.25) is 0 Å². The molecule has 0 bridgehead atoms. The molecule has 0 N–H and O–H groups in total. The van der Waals surface area contributed by atoms with Gasteiger partial charge < -0.3 is 14.2 Å². The first kappa shape index (κ1) is 13.6. The quantitative estimate of drug-likeness (QED) is 0.744. The Bertz CT molecular complexity index is 856. The fraction of sp³-hybridized carbons (Fsp3) is 0.176. The monoisotopic (exact) mass is 309 g/mol. The number of aromatic nitrogens is 3. The Kier molecular flexibility index (Phi) is 3.15. The predicted molar refractivity (Wildman–Crippen MR) is 84.6 cm³/mol. The molecule has 0 fully saturated rings. The minimum atomic E-state index is 0.255. The van der Waals surface area contributed by atoms with Crippen molar-refractivity contribution in [1.82, 2.24) is 15.0 Å². The van der Waals surface area contributed by atoms with Crippen molar-refractivity contribution in [1.29, 1.82) is 0 Å². The van der Waals surface area contributed by atoms with Gasteiger partial charge in [-0.3, -0.25) is 0 Å². The SMILES string of the molecule is COc1ccc(-c2c(-c3ccc4c(c3)OCO4)nnn2C)cc1. The molecule has 1 aromatic heterocycles. The molecular weight excluding hydrogens is 294 g/mol. The summed E-state index contributed by atoms with van der Waals surface area (Å²) < 4.78 is 17.8. The van der Waals surface area contributed by atoms with E-state index in [0.29, 0.717) is 0 Å². The average Bonchev–Trinajstić information content (AvgIpc) is 3.20. The number of benzene rings is 2. The molecule has 0 saturated carbocycles. The van der Waals surface area contributed by atoms with Crippen LogP contribution in [0.25, 0.3) is 22.5 Å². The molecule has 0 saturated heterocycles. The maximum absolute atomic E-state index is 5.45. The second kappa shape index (κ2) is 5.31. The van der Waals surface area contributed by atoms with E-state index in [1.54, 1.807) is 11.8 Å². The van der Waals surface area contributed by atoms with Gasteiger partial charge in [0.05, 0.1) is 12.8 Å². The van der Waals surface area contributed by atoms with E-state index in [1.807, 2.05) is 49.5 Å². The Morgan fingerprint density at radius 3 is 2.52 bits per heavy atom. The molecule has 3 aromatic rings. The number of hydrogen-bond acceptors (Lipinski definition) is 5. The second-order valence-electron chi connectivity index (χ2n) is 5.21. The van der Waals surface area contributed by atoms with Crippen molar-refractivity contribution in [2.75, 3.05) is 13.9 Å². The largest absolute Gasteiger partial charge is 0.497 e. The highest BCUT2D eigenvalue weighted by molar-refractivity contribution is 5.79. The van der Waals surface area contributed by atoms with Gasteiger partial charge in [-0.2, -0.15) is 0 Å². The number of fused-ring (bicyclic) bond motifs is 1. The molecule has 6 nitrogen and oxygen atoms in total. The van der Waals surface area contributed by atoms with Crippen molar-refractivity contribution in [3.05, 3.63) is 42.5 Å². The summed E-state index contributed by atoms with van der Waals surface area (Å²) in [5, 5.41) is 8.48. The van der Waals surface area contributed by atoms with Gasteiger partial charge in [-0.05, 0) is 42.5 Å². The molecular formula is C17H15N3O3. The van der Waals surface area contributed by atoms with Crippen molar-refractivity contribution < 1.29 is 14.2 Å². The lowest BCUT2D eigenvalue weighted by atomic mass is 10.0. The molecule has 0 radical (unpaired) electrons. The lowest BCUT2D eigenvalue weighted by Crippen LogP contribution is -1.94. The zero-order chi connectivity index (χ0) is 15.8. The van der Waals surface area contributed by atoms with Crippen LogP contribution >= 0.6 is 0 Å². The van der Waals surface area contributed by atoms with Crippen LogP contribution in [-0.2, 0) is 7.05 Å². The smallest absolute Gasteiger partial charge is 0.231 e. The maximum Gasteiger partial charge on any atom is 0.231 e. The molecule has 2 aromatic carbocycles. The first-order chi connectivity index (χ1) is 11.3. The molecule has 0 unspecified atom stereocenters. The van der Waals surface area contributed by atoms with Gasteiger partial charge in [0.2, 0.25) is 6.79 Å². The number of rotatable bonds is 3. The molecule has 1 aliphatic rings. The second-order valence-corrected chi connectivity index (χ2v) is 5.21. The van der Waals surface area contributed by atoms with E-state index in [9.17, 15) is 0 Å². The Morgan fingerprint density at radius 1 is 1.00 bits per heavy atom. The minimum absolute atomic E-state index is 0.255. The molecule has 6 heteroatoms. The van der Waals surface area contributed by atoms with Crippen molar-refractivity contribution in [3.8, 4) is 39.8 Å².